The molecule has 0 aliphatic heterocycles. The van der Waals surface area contributed by atoms with Crippen molar-refractivity contribution in [2.24, 2.45) is 0 Å². The molecular weight excluding hydrogens is 238 g/mol. The van der Waals surface area contributed by atoms with Crippen LogP contribution in [0.4, 0.5) is 17.1 Å². The minimum atomic E-state index is -1.04. The summed E-state index contributed by atoms with van der Waals surface area (Å²) in [5.41, 5.74) is 6.06. The van der Waals surface area contributed by atoms with E-state index in [1.54, 1.807) is 0 Å². The number of nitro groups is 1. The quantitative estimate of drug-likeness (QED) is 0.451. The van der Waals surface area contributed by atoms with Gasteiger partial charge in [0.2, 0.25) is 0 Å². The van der Waals surface area contributed by atoms with Crippen molar-refractivity contribution in [3.05, 3.63) is 28.3 Å². The van der Waals surface area contributed by atoms with Gasteiger partial charge in [-0.05, 0) is 18.6 Å². The fourth-order valence-electron chi connectivity index (χ4n) is 1.67. The Morgan fingerprint density at radius 3 is 2.72 bits per heavy atom. The number of anilines is 2. The van der Waals surface area contributed by atoms with Crippen molar-refractivity contribution in [1.82, 2.24) is 0 Å². The lowest BCUT2D eigenvalue weighted by molar-refractivity contribution is -0.384. The Balaban J connectivity index is 3.19. The van der Waals surface area contributed by atoms with E-state index in [4.69, 9.17) is 10.8 Å². The first kappa shape index (κ1) is 13.8. The fraction of sp³-hybridized carbons (Fsp3) is 0.364. The SMILES string of the molecule is CCCN(CC(=O)O)c1cc(N)ccc1[N+](=O)[O-]. The highest BCUT2D eigenvalue weighted by Crippen LogP contribution is 2.30. The van der Waals surface area contributed by atoms with Crippen LogP contribution >= 0.6 is 0 Å². The van der Waals surface area contributed by atoms with Crippen molar-refractivity contribution in [2.45, 2.75) is 13.3 Å². The maximum Gasteiger partial charge on any atom is 0.323 e. The van der Waals surface area contributed by atoms with E-state index in [9.17, 15) is 14.9 Å². The van der Waals surface area contributed by atoms with Crippen molar-refractivity contribution >= 4 is 23.0 Å². The van der Waals surface area contributed by atoms with Crippen molar-refractivity contribution < 1.29 is 14.8 Å². The van der Waals surface area contributed by atoms with Crippen LogP contribution in [0.3, 0.4) is 0 Å². The molecule has 0 amide bonds. The summed E-state index contributed by atoms with van der Waals surface area (Å²) in [7, 11) is 0. The number of carbonyl (C=O) groups is 1. The number of carboxylic acid groups (broad SMARTS) is 1. The molecule has 0 aromatic heterocycles. The lowest BCUT2D eigenvalue weighted by Crippen LogP contribution is -2.31. The lowest BCUT2D eigenvalue weighted by atomic mass is 10.2. The zero-order valence-corrected chi connectivity index (χ0v) is 10.00. The summed E-state index contributed by atoms with van der Waals surface area (Å²) in [5.74, 6) is -1.04. The van der Waals surface area contributed by atoms with Crippen LogP contribution in [0.15, 0.2) is 18.2 Å². The molecule has 1 aromatic carbocycles. The molecule has 98 valence electrons. The number of nitrogen functional groups attached to an aromatic ring is 1. The van der Waals surface area contributed by atoms with E-state index in [1.807, 2.05) is 6.92 Å². The summed E-state index contributed by atoms with van der Waals surface area (Å²) in [6.07, 6.45) is 0.680. The number of nitrogens with zero attached hydrogens (tertiary/aromatic N) is 2. The maximum absolute atomic E-state index is 10.9. The Bertz CT molecular complexity index is 462. The van der Waals surface area contributed by atoms with Crippen LogP contribution in [0, 0.1) is 10.1 Å². The Hall–Kier alpha value is -2.31. The van der Waals surface area contributed by atoms with Gasteiger partial charge in [0, 0.05) is 18.3 Å². The minimum Gasteiger partial charge on any atom is -0.480 e. The van der Waals surface area contributed by atoms with Gasteiger partial charge in [-0.3, -0.25) is 14.9 Å². The molecule has 7 heteroatoms. The number of hydrogen-bond donors (Lipinski definition) is 2. The molecule has 7 nitrogen and oxygen atoms in total. The molecule has 0 aliphatic carbocycles. The average molecular weight is 253 g/mol. The van der Waals surface area contributed by atoms with Crippen LogP contribution in [0.2, 0.25) is 0 Å². The molecule has 0 atom stereocenters. The highest BCUT2D eigenvalue weighted by molar-refractivity contribution is 5.77. The predicted molar refractivity (Wildman–Crippen MR) is 67.6 cm³/mol. The van der Waals surface area contributed by atoms with E-state index >= 15 is 0 Å². The van der Waals surface area contributed by atoms with Crippen molar-refractivity contribution in [2.75, 3.05) is 23.7 Å². The molecule has 1 rings (SSSR count). The molecule has 3 N–H and O–H groups in total. The van der Waals surface area contributed by atoms with Gasteiger partial charge < -0.3 is 15.7 Å². The molecule has 0 radical (unpaired) electrons. The van der Waals surface area contributed by atoms with Crippen molar-refractivity contribution in [1.29, 1.82) is 0 Å². The molecule has 0 saturated heterocycles. The Kier molecular flexibility index (Phi) is 4.47. The molecular formula is C11H15N3O4. The number of hydrogen-bond acceptors (Lipinski definition) is 5. The van der Waals surface area contributed by atoms with Crippen LogP contribution in [-0.2, 0) is 4.79 Å². The second kappa shape index (κ2) is 5.85. The third-order valence-corrected chi connectivity index (χ3v) is 2.36. The average Bonchev–Trinajstić information content (AvgIpc) is 2.27. The van der Waals surface area contributed by atoms with Crippen LogP contribution in [-0.4, -0.2) is 29.1 Å². The maximum atomic E-state index is 10.9. The monoisotopic (exact) mass is 253 g/mol. The fourth-order valence-corrected chi connectivity index (χ4v) is 1.67. The van der Waals surface area contributed by atoms with Crippen LogP contribution < -0.4 is 10.6 Å². The van der Waals surface area contributed by atoms with Crippen LogP contribution in [0.1, 0.15) is 13.3 Å². The zero-order valence-electron chi connectivity index (χ0n) is 10.00. The van der Waals surface area contributed by atoms with Gasteiger partial charge in [0.15, 0.2) is 0 Å². The second-order valence-corrected chi connectivity index (χ2v) is 3.82. The largest absolute Gasteiger partial charge is 0.480 e. The van der Waals surface area contributed by atoms with Gasteiger partial charge >= 0.3 is 5.97 Å². The summed E-state index contributed by atoms with van der Waals surface area (Å²) in [6, 6.07) is 4.14. The molecule has 0 heterocycles. The third kappa shape index (κ3) is 3.34. The smallest absolute Gasteiger partial charge is 0.323 e. The number of benzene rings is 1. The van der Waals surface area contributed by atoms with Gasteiger partial charge in [-0.15, -0.1) is 0 Å². The Morgan fingerprint density at radius 1 is 1.56 bits per heavy atom. The van der Waals surface area contributed by atoms with Crippen molar-refractivity contribution in [3.8, 4) is 0 Å². The van der Waals surface area contributed by atoms with E-state index in [1.165, 1.54) is 23.1 Å². The first-order chi connectivity index (χ1) is 8.45. The first-order valence-electron chi connectivity index (χ1n) is 5.46. The van der Waals surface area contributed by atoms with Crippen LogP contribution in [0.5, 0.6) is 0 Å². The number of rotatable bonds is 6. The number of carboxylic acids is 1. The van der Waals surface area contributed by atoms with Crippen molar-refractivity contribution in [3.63, 3.8) is 0 Å². The van der Waals surface area contributed by atoms with E-state index < -0.39 is 10.9 Å². The first-order valence-corrected chi connectivity index (χ1v) is 5.46. The second-order valence-electron chi connectivity index (χ2n) is 3.82. The van der Waals surface area contributed by atoms with E-state index in [-0.39, 0.29) is 17.9 Å². The van der Waals surface area contributed by atoms with Gasteiger partial charge in [0.25, 0.3) is 5.69 Å². The summed E-state index contributed by atoms with van der Waals surface area (Å²) in [6.45, 7) is 1.99. The molecule has 0 unspecified atom stereocenters. The highest BCUT2D eigenvalue weighted by Gasteiger charge is 2.20. The summed E-state index contributed by atoms with van der Waals surface area (Å²) in [5, 5.41) is 19.7. The van der Waals surface area contributed by atoms with E-state index in [0.29, 0.717) is 18.7 Å². The Morgan fingerprint density at radius 2 is 2.22 bits per heavy atom. The zero-order chi connectivity index (χ0) is 13.7. The molecule has 0 saturated carbocycles. The molecule has 1 aromatic rings. The van der Waals surface area contributed by atoms with Gasteiger partial charge in [0.1, 0.15) is 12.2 Å². The lowest BCUT2D eigenvalue weighted by Gasteiger charge is -2.22. The molecule has 18 heavy (non-hydrogen) atoms. The van der Waals surface area contributed by atoms with E-state index in [2.05, 4.69) is 0 Å². The third-order valence-electron chi connectivity index (χ3n) is 2.36. The summed E-state index contributed by atoms with van der Waals surface area (Å²) in [4.78, 5) is 22.6. The van der Waals surface area contributed by atoms with E-state index in [0.717, 1.165) is 0 Å². The Labute approximate surface area is 104 Å². The standard InChI is InChI=1S/C11H15N3O4/c1-2-5-13(7-11(15)16)10-6-8(12)3-4-9(10)14(17)18/h3-4,6H,2,5,7,12H2,1H3,(H,15,16). The molecule has 0 aliphatic rings. The minimum absolute atomic E-state index is 0.140. The topological polar surface area (TPSA) is 110 Å². The molecule has 0 bridgehead atoms. The highest BCUT2D eigenvalue weighted by atomic mass is 16.6. The van der Waals surface area contributed by atoms with Gasteiger partial charge in [-0.1, -0.05) is 6.92 Å². The summed E-state index contributed by atoms with van der Waals surface area (Å²) >= 11 is 0. The normalized spacial score (nSPS) is 10.1. The molecule has 0 fully saturated rings. The number of aliphatic carboxylic acids is 1. The predicted octanol–water partition coefficient (Wildman–Crippen LogP) is 1.48. The van der Waals surface area contributed by atoms with Gasteiger partial charge in [-0.2, -0.15) is 0 Å². The van der Waals surface area contributed by atoms with Crippen LogP contribution in [0.25, 0.3) is 0 Å². The summed E-state index contributed by atoms with van der Waals surface area (Å²) < 4.78 is 0. The number of nitro benzene ring substituents is 1. The van der Waals surface area contributed by atoms with Gasteiger partial charge in [0.05, 0.1) is 4.92 Å². The number of nitrogens with two attached hydrogens (primary N) is 1. The van der Waals surface area contributed by atoms with Gasteiger partial charge in [-0.25, -0.2) is 0 Å². The molecule has 0 spiro atoms.